The number of urea groups is 1. The largest absolute Gasteiger partial charge is 0.371 e. The van der Waals surface area contributed by atoms with Gasteiger partial charge in [0.2, 0.25) is 5.91 Å². The van der Waals surface area contributed by atoms with Crippen LogP contribution in [0.5, 0.6) is 0 Å². The Bertz CT molecular complexity index is 292. The zero-order chi connectivity index (χ0) is 11.8. The molecule has 1 unspecified atom stereocenters. The molecule has 0 bridgehead atoms. The first-order chi connectivity index (χ1) is 6.78. The molecule has 1 aliphatic heterocycles. The van der Waals surface area contributed by atoms with Crippen molar-refractivity contribution in [3.05, 3.63) is 0 Å². The van der Waals surface area contributed by atoms with Gasteiger partial charge >= 0.3 is 6.03 Å². The van der Waals surface area contributed by atoms with Crippen LogP contribution in [0.25, 0.3) is 0 Å². The smallest absolute Gasteiger partial charge is 0.347 e. The fraction of sp³-hybridized carbons (Fsp3) is 0.750. The minimum atomic E-state index is -1.16. The number of nitrogens with zero attached hydrogens (tertiary/aromatic N) is 2. The molecule has 7 nitrogen and oxygen atoms in total. The number of carbonyl (C=O) groups excluding carboxylic acids is 2. The van der Waals surface area contributed by atoms with Gasteiger partial charge in [-0.3, -0.25) is 14.9 Å². The number of hydroxylamine groups is 2. The summed E-state index contributed by atoms with van der Waals surface area (Å²) in [7, 11) is 0. The fourth-order valence-corrected chi connectivity index (χ4v) is 1.31. The van der Waals surface area contributed by atoms with Crippen molar-refractivity contribution >= 4 is 11.9 Å². The summed E-state index contributed by atoms with van der Waals surface area (Å²) in [4.78, 5) is 23.1. The topological polar surface area (TPSA) is 93.1 Å². The molecule has 0 radical (unpaired) electrons. The standard InChI is InChI=1S/C8H15N3O4/c1-5(12)9-4-10-6(13)8(2,3)11(15)7(10)14/h6,13,15H,4H2,1-3H3,(H,9,12). The maximum Gasteiger partial charge on any atom is 0.347 e. The summed E-state index contributed by atoms with van der Waals surface area (Å²) < 4.78 is 0. The van der Waals surface area contributed by atoms with Crippen LogP contribution in [0.15, 0.2) is 0 Å². The summed E-state index contributed by atoms with van der Waals surface area (Å²) in [6.07, 6.45) is -1.16. The van der Waals surface area contributed by atoms with Crippen molar-refractivity contribution in [1.82, 2.24) is 15.3 Å². The zero-order valence-corrected chi connectivity index (χ0v) is 8.89. The van der Waals surface area contributed by atoms with E-state index < -0.39 is 17.8 Å². The summed E-state index contributed by atoms with van der Waals surface area (Å²) >= 11 is 0. The van der Waals surface area contributed by atoms with Crippen LogP contribution in [0.1, 0.15) is 20.8 Å². The Hall–Kier alpha value is -1.34. The van der Waals surface area contributed by atoms with Crippen molar-refractivity contribution in [2.45, 2.75) is 32.5 Å². The quantitative estimate of drug-likeness (QED) is 0.533. The highest BCUT2D eigenvalue weighted by Gasteiger charge is 2.50. The van der Waals surface area contributed by atoms with E-state index in [0.717, 1.165) is 4.90 Å². The predicted molar refractivity (Wildman–Crippen MR) is 49.6 cm³/mol. The molecule has 15 heavy (non-hydrogen) atoms. The second kappa shape index (κ2) is 3.67. The lowest BCUT2D eigenvalue weighted by molar-refractivity contribution is -0.127. The molecule has 0 aromatic heterocycles. The average Bonchev–Trinajstić information content (AvgIpc) is 2.27. The van der Waals surface area contributed by atoms with Gasteiger partial charge < -0.3 is 10.4 Å². The van der Waals surface area contributed by atoms with E-state index in [2.05, 4.69) is 5.32 Å². The van der Waals surface area contributed by atoms with Crippen molar-refractivity contribution in [3.63, 3.8) is 0 Å². The first kappa shape index (κ1) is 11.7. The van der Waals surface area contributed by atoms with Crippen LogP contribution >= 0.6 is 0 Å². The van der Waals surface area contributed by atoms with Gasteiger partial charge in [-0.25, -0.2) is 4.79 Å². The Morgan fingerprint density at radius 1 is 1.60 bits per heavy atom. The number of amides is 3. The highest BCUT2D eigenvalue weighted by molar-refractivity contribution is 5.78. The third-order valence-corrected chi connectivity index (χ3v) is 2.40. The second-order valence-electron chi connectivity index (χ2n) is 3.98. The highest BCUT2D eigenvalue weighted by atomic mass is 16.5. The molecule has 1 heterocycles. The average molecular weight is 217 g/mol. The molecule has 0 saturated carbocycles. The van der Waals surface area contributed by atoms with Crippen molar-refractivity contribution in [1.29, 1.82) is 0 Å². The highest BCUT2D eigenvalue weighted by Crippen LogP contribution is 2.28. The second-order valence-corrected chi connectivity index (χ2v) is 3.98. The molecule has 3 N–H and O–H groups in total. The van der Waals surface area contributed by atoms with Crippen LogP contribution in [0.3, 0.4) is 0 Å². The van der Waals surface area contributed by atoms with E-state index >= 15 is 0 Å². The van der Waals surface area contributed by atoms with Gasteiger partial charge in [0.25, 0.3) is 0 Å². The van der Waals surface area contributed by atoms with E-state index in [1.54, 1.807) is 0 Å². The third-order valence-electron chi connectivity index (χ3n) is 2.40. The number of aliphatic hydroxyl groups excluding tert-OH is 1. The molecule has 0 aliphatic carbocycles. The minimum Gasteiger partial charge on any atom is -0.371 e. The van der Waals surface area contributed by atoms with E-state index in [1.165, 1.54) is 20.8 Å². The van der Waals surface area contributed by atoms with Gasteiger partial charge in [-0.05, 0) is 13.8 Å². The third kappa shape index (κ3) is 1.88. The first-order valence-corrected chi connectivity index (χ1v) is 4.50. The number of hydrogen-bond acceptors (Lipinski definition) is 4. The lowest BCUT2D eigenvalue weighted by Gasteiger charge is -2.27. The Kier molecular flexibility index (Phi) is 2.87. The lowest BCUT2D eigenvalue weighted by Crippen LogP contribution is -2.47. The Balaban J connectivity index is 2.75. The van der Waals surface area contributed by atoms with E-state index in [1.807, 2.05) is 0 Å². The summed E-state index contributed by atoms with van der Waals surface area (Å²) in [6.45, 7) is 4.21. The maximum atomic E-state index is 11.4. The molecule has 0 spiro atoms. The van der Waals surface area contributed by atoms with Crippen LogP contribution in [0, 0.1) is 0 Å². The van der Waals surface area contributed by atoms with Crippen molar-refractivity contribution in [3.8, 4) is 0 Å². The van der Waals surface area contributed by atoms with Gasteiger partial charge in [0, 0.05) is 6.92 Å². The predicted octanol–water partition coefficient (Wildman–Crippen LogP) is -0.696. The molecule has 1 saturated heterocycles. The Morgan fingerprint density at radius 3 is 2.47 bits per heavy atom. The lowest BCUT2D eigenvalue weighted by atomic mass is 10.1. The van der Waals surface area contributed by atoms with Crippen LogP contribution in [-0.2, 0) is 4.79 Å². The van der Waals surface area contributed by atoms with E-state index in [-0.39, 0.29) is 12.6 Å². The Labute approximate surface area is 87.2 Å². The van der Waals surface area contributed by atoms with Gasteiger partial charge in [-0.1, -0.05) is 0 Å². The molecule has 7 heteroatoms. The minimum absolute atomic E-state index is 0.129. The molecule has 86 valence electrons. The molecule has 1 aliphatic rings. The van der Waals surface area contributed by atoms with Gasteiger partial charge in [0.1, 0.15) is 5.54 Å². The fourth-order valence-electron chi connectivity index (χ4n) is 1.31. The van der Waals surface area contributed by atoms with Crippen LogP contribution in [0.4, 0.5) is 4.79 Å². The monoisotopic (exact) mass is 217 g/mol. The number of nitrogens with one attached hydrogen (secondary N) is 1. The molecule has 1 fully saturated rings. The number of hydrogen-bond donors (Lipinski definition) is 3. The van der Waals surface area contributed by atoms with Crippen molar-refractivity contribution < 1.29 is 19.9 Å². The van der Waals surface area contributed by atoms with Gasteiger partial charge in [-0.15, -0.1) is 0 Å². The molecule has 0 aromatic carbocycles. The Morgan fingerprint density at radius 2 is 2.13 bits per heavy atom. The summed E-state index contributed by atoms with van der Waals surface area (Å²) in [5.74, 6) is -0.316. The van der Waals surface area contributed by atoms with E-state index in [0.29, 0.717) is 5.06 Å². The molecule has 3 amide bonds. The van der Waals surface area contributed by atoms with Crippen molar-refractivity contribution in [2.24, 2.45) is 0 Å². The normalized spacial score (nSPS) is 24.6. The number of rotatable bonds is 2. The van der Waals surface area contributed by atoms with E-state index in [9.17, 15) is 19.9 Å². The van der Waals surface area contributed by atoms with Gasteiger partial charge in [-0.2, -0.15) is 5.06 Å². The van der Waals surface area contributed by atoms with E-state index in [4.69, 9.17) is 0 Å². The summed E-state index contributed by atoms with van der Waals surface area (Å²) in [5, 5.41) is 22.0. The summed E-state index contributed by atoms with van der Waals surface area (Å²) in [5.41, 5.74) is -1.09. The first-order valence-electron chi connectivity index (χ1n) is 4.50. The van der Waals surface area contributed by atoms with Gasteiger partial charge in [0.05, 0.1) is 6.67 Å². The molecular weight excluding hydrogens is 202 g/mol. The number of carbonyl (C=O) groups is 2. The maximum absolute atomic E-state index is 11.4. The van der Waals surface area contributed by atoms with Crippen LogP contribution in [0.2, 0.25) is 0 Å². The van der Waals surface area contributed by atoms with Gasteiger partial charge in [0.15, 0.2) is 6.23 Å². The molecule has 0 aromatic rings. The van der Waals surface area contributed by atoms with Crippen LogP contribution in [-0.4, -0.2) is 50.7 Å². The zero-order valence-electron chi connectivity index (χ0n) is 8.89. The molecule has 1 rings (SSSR count). The summed E-state index contributed by atoms with van der Waals surface area (Å²) in [6, 6.07) is -0.735. The molecule has 1 atom stereocenters. The van der Waals surface area contributed by atoms with Crippen molar-refractivity contribution in [2.75, 3.05) is 6.67 Å². The SMILES string of the molecule is CC(=O)NCN1C(=O)N(O)C(C)(C)C1O. The number of aliphatic hydroxyl groups is 1. The molecular formula is C8H15N3O4. The van der Waals surface area contributed by atoms with Crippen LogP contribution < -0.4 is 5.32 Å².